The third-order valence-corrected chi connectivity index (χ3v) is 3.37. The maximum Gasteiger partial charge on any atom is 0.0870 e. The van der Waals surface area contributed by atoms with Gasteiger partial charge in [-0.3, -0.25) is 9.58 Å². The zero-order valence-corrected chi connectivity index (χ0v) is 12.8. The summed E-state index contributed by atoms with van der Waals surface area (Å²) in [5, 5.41) is 5.17. The van der Waals surface area contributed by atoms with Gasteiger partial charge in [-0.15, -0.1) is 0 Å². The maximum absolute atomic E-state index is 6.30. The highest BCUT2D eigenvalue weighted by Crippen LogP contribution is 2.21. The molecule has 4 nitrogen and oxygen atoms in total. The summed E-state index contributed by atoms with van der Waals surface area (Å²) < 4.78 is 1.94. The highest BCUT2D eigenvalue weighted by atomic mass is 35.5. The van der Waals surface area contributed by atoms with Crippen LogP contribution in [0.15, 0.2) is 0 Å². The van der Waals surface area contributed by atoms with Gasteiger partial charge < -0.3 is 5.73 Å². The number of hydrogen-bond donors (Lipinski definition) is 1. The monoisotopic (exact) mass is 288 g/mol. The molecule has 1 heterocycles. The number of nitrogens with two attached hydrogens (primary N) is 1. The van der Waals surface area contributed by atoms with Gasteiger partial charge >= 0.3 is 0 Å². The predicted octanol–water partition coefficient (Wildman–Crippen LogP) is 2.36. The molecule has 0 radical (unpaired) electrons. The Labute approximate surface area is 119 Å². The predicted molar refractivity (Wildman–Crippen MR) is 80.0 cm³/mol. The molecule has 0 fully saturated rings. The van der Waals surface area contributed by atoms with Crippen LogP contribution in [-0.2, 0) is 13.1 Å². The van der Waals surface area contributed by atoms with E-state index in [0.717, 1.165) is 42.5 Å². The molecule has 0 saturated carbocycles. The zero-order chi connectivity index (χ0) is 13.7. The van der Waals surface area contributed by atoms with E-state index in [1.54, 1.807) is 0 Å². The van der Waals surface area contributed by atoms with Gasteiger partial charge in [-0.2, -0.15) is 5.10 Å². The van der Waals surface area contributed by atoms with E-state index in [1.165, 1.54) is 0 Å². The lowest BCUT2D eigenvalue weighted by atomic mass is 10.3. The maximum atomic E-state index is 6.30. The van der Waals surface area contributed by atoms with Crippen molar-refractivity contribution in [3.05, 3.63) is 16.4 Å². The molecule has 0 aliphatic carbocycles. The van der Waals surface area contributed by atoms with E-state index in [-0.39, 0.29) is 0 Å². The van der Waals surface area contributed by atoms with E-state index < -0.39 is 0 Å². The number of hydrogen-bond acceptors (Lipinski definition) is 3. The smallest absolute Gasteiger partial charge is 0.0870 e. The summed E-state index contributed by atoms with van der Waals surface area (Å²) in [4.78, 5) is 2.72. The second kappa shape index (κ2) is 7.07. The van der Waals surface area contributed by atoms with E-state index in [9.17, 15) is 0 Å². The van der Waals surface area contributed by atoms with Gasteiger partial charge in [0, 0.05) is 19.6 Å². The minimum Gasteiger partial charge on any atom is -0.392 e. The van der Waals surface area contributed by atoms with Gasteiger partial charge in [-0.25, -0.2) is 0 Å². The number of aromatic nitrogens is 2. The molecule has 0 aliphatic heterocycles. The van der Waals surface area contributed by atoms with E-state index >= 15 is 0 Å². The Balaban J connectivity index is 2.88. The Morgan fingerprint density at radius 3 is 2.67 bits per heavy atom. The van der Waals surface area contributed by atoms with Crippen molar-refractivity contribution < 1.29 is 0 Å². The fourth-order valence-electron chi connectivity index (χ4n) is 1.98. The second-order valence-electron chi connectivity index (χ2n) is 4.34. The molecule has 0 atom stereocenters. The van der Waals surface area contributed by atoms with Crippen LogP contribution in [-0.4, -0.2) is 32.8 Å². The first-order valence-corrected chi connectivity index (χ1v) is 7.00. The number of nitrogens with zero attached hydrogens (tertiary/aromatic N) is 3. The van der Waals surface area contributed by atoms with Gasteiger partial charge in [-0.1, -0.05) is 30.7 Å². The first-order chi connectivity index (χ1) is 8.49. The molecular weight excluding hydrogens is 268 g/mol. The van der Waals surface area contributed by atoms with Crippen molar-refractivity contribution in [2.45, 2.75) is 40.3 Å². The van der Waals surface area contributed by atoms with Gasteiger partial charge in [0.25, 0.3) is 0 Å². The topological polar surface area (TPSA) is 47.1 Å². The molecule has 6 heteroatoms. The summed E-state index contributed by atoms with van der Waals surface area (Å²) in [6, 6.07) is 0. The third kappa shape index (κ3) is 3.93. The number of thiocarbonyl (C=S) groups is 1. The van der Waals surface area contributed by atoms with E-state index in [1.807, 2.05) is 11.6 Å². The average molecular weight is 289 g/mol. The van der Waals surface area contributed by atoms with Crippen LogP contribution in [0.3, 0.4) is 0 Å². The van der Waals surface area contributed by atoms with Crippen molar-refractivity contribution in [2.75, 3.05) is 13.1 Å². The molecule has 0 aromatic carbocycles. The van der Waals surface area contributed by atoms with Gasteiger partial charge in [0.05, 0.1) is 21.4 Å². The van der Waals surface area contributed by atoms with Crippen LogP contribution in [0.2, 0.25) is 5.02 Å². The second-order valence-corrected chi connectivity index (χ2v) is 5.24. The van der Waals surface area contributed by atoms with Crippen molar-refractivity contribution in [1.82, 2.24) is 14.7 Å². The summed E-state index contributed by atoms with van der Waals surface area (Å²) in [5.74, 6) is 0. The van der Waals surface area contributed by atoms with Crippen LogP contribution in [0.4, 0.5) is 0 Å². The lowest BCUT2D eigenvalue weighted by molar-refractivity contribution is 0.294. The molecule has 1 aromatic rings. The van der Waals surface area contributed by atoms with Crippen LogP contribution in [0, 0.1) is 6.92 Å². The first kappa shape index (κ1) is 15.4. The van der Waals surface area contributed by atoms with Crippen molar-refractivity contribution >= 4 is 28.8 Å². The summed E-state index contributed by atoms with van der Waals surface area (Å²) in [7, 11) is 0. The highest BCUT2D eigenvalue weighted by Gasteiger charge is 2.16. The van der Waals surface area contributed by atoms with Gasteiger partial charge in [0.15, 0.2) is 0 Å². The fraction of sp³-hybridized carbons (Fsp3) is 0.667. The molecule has 0 amide bonds. The molecular formula is C12H21ClN4S. The molecule has 102 valence electrons. The van der Waals surface area contributed by atoms with E-state index in [0.29, 0.717) is 11.5 Å². The van der Waals surface area contributed by atoms with Crippen molar-refractivity contribution in [2.24, 2.45) is 5.73 Å². The van der Waals surface area contributed by atoms with Crippen LogP contribution in [0.5, 0.6) is 0 Å². The molecule has 0 unspecified atom stereocenters. The standard InChI is InChI=1S/C12H21ClN4S/c1-4-6-16(8-11(14)18)7-10-12(13)9(3)15-17(10)5-2/h4-8H2,1-3H3,(H2,14,18). The summed E-state index contributed by atoms with van der Waals surface area (Å²) in [6.07, 6.45) is 1.06. The molecule has 0 aliphatic rings. The van der Waals surface area contributed by atoms with Crippen LogP contribution < -0.4 is 5.73 Å². The Morgan fingerprint density at radius 1 is 1.50 bits per heavy atom. The molecule has 2 N–H and O–H groups in total. The minimum absolute atomic E-state index is 0.513. The zero-order valence-electron chi connectivity index (χ0n) is 11.2. The summed E-state index contributed by atoms with van der Waals surface area (Å²) in [5.41, 5.74) is 7.54. The first-order valence-electron chi connectivity index (χ1n) is 6.22. The Kier molecular flexibility index (Phi) is 6.05. The SMILES string of the molecule is CCCN(CC(N)=S)Cc1c(Cl)c(C)nn1CC. The third-order valence-electron chi connectivity index (χ3n) is 2.75. The van der Waals surface area contributed by atoms with Crippen molar-refractivity contribution in [3.63, 3.8) is 0 Å². The van der Waals surface area contributed by atoms with Crippen molar-refractivity contribution in [1.29, 1.82) is 0 Å². The largest absolute Gasteiger partial charge is 0.392 e. The number of aryl methyl sites for hydroxylation is 2. The number of rotatable bonds is 7. The molecule has 1 aromatic heterocycles. The van der Waals surface area contributed by atoms with Crippen LogP contribution in [0.1, 0.15) is 31.7 Å². The van der Waals surface area contributed by atoms with Gasteiger partial charge in [0.1, 0.15) is 0 Å². The van der Waals surface area contributed by atoms with Gasteiger partial charge in [0.2, 0.25) is 0 Å². The fourth-order valence-corrected chi connectivity index (χ4v) is 2.36. The van der Waals surface area contributed by atoms with E-state index in [2.05, 4.69) is 23.8 Å². The van der Waals surface area contributed by atoms with Crippen LogP contribution in [0.25, 0.3) is 0 Å². The quantitative estimate of drug-likeness (QED) is 0.783. The van der Waals surface area contributed by atoms with E-state index in [4.69, 9.17) is 29.6 Å². The normalized spacial score (nSPS) is 11.2. The minimum atomic E-state index is 0.513. The Morgan fingerprint density at radius 2 is 2.17 bits per heavy atom. The molecule has 0 spiro atoms. The molecule has 1 rings (SSSR count). The van der Waals surface area contributed by atoms with Crippen molar-refractivity contribution in [3.8, 4) is 0 Å². The lowest BCUT2D eigenvalue weighted by Crippen LogP contribution is -2.33. The Bertz CT molecular complexity index is 416. The summed E-state index contributed by atoms with van der Waals surface area (Å²) >= 11 is 11.3. The summed E-state index contributed by atoms with van der Waals surface area (Å²) in [6.45, 7) is 9.24. The molecule has 0 saturated heterocycles. The van der Waals surface area contributed by atoms with Crippen LogP contribution >= 0.6 is 23.8 Å². The highest BCUT2D eigenvalue weighted by molar-refractivity contribution is 7.80. The number of halogens is 1. The Hall–Kier alpha value is -0.650. The van der Waals surface area contributed by atoms with Gasteiger partial charge in [-0.05, 0) is 26.8 Å². The lowest BCUT2D eigenvalue weighted by Gasteiger charge is -2.21. The molecule has 18 heavy (non-hydrogen) atoms. The molecule has 0 bridgehead atoms. The average Bonchev–Trinajstić information content (AvgIpc) is 2.56.